The highest BCUT2D eigenvalue weighted by atomic mass is 16.5. The van der Waals surface area contributed by atoms with Gasteiger partial charge < -0.3 is 14.8 Å². The normalized spacial score (nSPS) is 22.9. The van der Waals surface area contributed by atoms with E-state index in [2.05, 4.69) is 21.3 Å². The van der Waals surface area contributed by atoms with Gasteiger partial charge in [-0.2, -0.15) is 0 Å². The molecule has 3 heterocycles. The summed E-state index contributed by atoms with van der Waals surface area (Å²) in [4.78, 5) is 7.02. The molecule has 0 radical (unpaired) electrons. The maximum Gasteiger partial charge on any atom is 0.212 e. The third-order valence-corrected chi connectivity index (χ3v) is 4.57. The minimum absolute atomic E-state index is 0.453. The molecule has 5 heteroatoms. The summed E-state index contributed by atoms with van der Waals surface area (Å²) in [6.45, 7) is 6.13. The number of nitrogens with one attached hydrogen (secondary N) is 1. The Labute approximate surface area is 126 Å². The van der Waals surface area contributed by atoms with Crippen molar-refractivity contribution in [3.8, 4) is 5.88 Å². The van der Waals surface area contributed by atoms with Gasteiger partial charge in [-0.25, -0.2) is 4.98 Å². The molecule has 0 bridgehead atoms. The first-order chi connectivity index (χ1) is 10.4. The number of pyridine rings is 1. The van der Waals surface area contributed by atoms with Gasteiger partial charge in [0.2, 0.25) is 5.88 Å². The van der Waals surface area contributed by atoms with Crippen LogP contribution in [0.3, 0.4) is 0 Å². The van der Waals surface area contributed by atoms with Gasteiger partial charge in [0.15, 0.2) is 0 Å². The fourth-order valence-corrected chi connectivity index (χ4v) is 3.46. The van der Waals surface area contributed by atoms with E-state index in [-0.39, 0.29) is 0 Å². The predicted molar refractivity (Wildman–Crippen MR) is 81.5 cm³/mol. The monoisotopic (exact) mass is 291 g/mol. The first-order valence-corrected chi connectivity index (χ1v) is 7.91. The summed E-state index contributed by atoms with van der Waals surface area (Å²) < 4.78 is 10.7. The van der Waals surface area contributed by atoms with E-state index in [0.717, 1.165) is 52.2 Å². The Balaban J connectivity index is 1.82. The van der Waals surface area contributed by atoms with E-state index in [0.29, 0.717) is 17.8 Å². The molecule has 2 aliphatic heterocycles. The second-order valence-electron chi connectivity index (χ2n) is 5.81. The van der Waals surface area contributed by atoms with Crippen LogP contribution in [0.1, 0.15) is 24.4 Å². The van der Waals surface area contributed by atoms with Crippen LogP contribution in [-0.4, -0.2) is 56.4 Å². The van der Waals surface area contributed by atoms with Crippen LogP contribution in [0.15, 0.2) is 18.3 Å². The van der Waals surface area contributed by atoms with E-state index in [9.17, 15) is 0 Å². The molecular formula is C16H25N3O2. The third-order valence-electron chi connectivity index (χ3n) is 4.57. The largest absolute Gasteiger partial charge is 0.481 e. The van der Waals surface area contributed by atoms with Gasteiger partial charge in [0, 0.05) is 57.7 Å². The first-order valence-electron chi connectivity index (χ1n) is 7.91. The van der Waals surface area contributed by atoms with Crippen molar-refractivity contribution in [2.75, 3.05) is 46.5 Å². The maximum atomic E-state index is 5.54. The Hall–Kier alpha value is -1.17. The highest BCUT2D eigenvalue weighted by molar-refractivity contribution is 5.22. The van der Waals surface area contributed by atoms with Crippen molar-refractivity contribution in [2.24, 2.45) is 5.92 Å². The molecule has 2 aliphatic rings. The molecular weight excluding hydrogens is 266 g/mol. The average molecular weight is 291 g/mol. The molecule has 21 heavy (non-hydrogen) atoms. The second kappa shape index (κ2) is 7.20. The van der Waals surface area contributed by atoms with Crippen LogP contribution in [0.2, 0.25) is 0 Å². The number of hydrogen-bond donors (Lipinski definition) is 1. The number of methoxy groups -OCH3 is 1. The van der Waals surface area contributed by atoms with Crippen LogP contribution in [0.4, 0.5) is 0 Å². The molecule has 0 saturated carbocycles. The van der Waals surface area contributed by atoms with Crippen LogP contribution in [-0.2, 0) is 4.74 Å². The van der Waals surface area contributed by atoms with E-state index in [4.69, 9.17) is 9.47 Å². The zero-order chi connectivity index (χ0) is 14.5. The van der Waals surface area contributed by atoms with Gasteiger partial charge in [-0.15, -0.1) is 0 Å². The molecule has 1 aromatic heterocycles. The van der Waals surface area contributed by atoms with E-state index < -0.39 is 0 Å². The summed E-state index contributed by atoms with van der Waals surface area (Å²) in [5, 5.41) is 3.44. The Bertz CT molecular complexity index is 408. The van der Waals surface area contributed by atoms with Crippen molar-refractivity contribution in [1.29, 1.82) is 0 Å². The lowest BCUT2D eigenvalue weighted by Gasteiger charge is -2.41. The van der Waals surface area contributed by atoms with Gasteiger partial charge >= 0.3 is 0 Å². The van der Waals surface area contributed by atoms with Gasteiger partial charge in [-0.05, 0) is 24.3 Å². The topological polar surface area (TPSA) is 46.6 Å². The van der Waals surface area contributed by atoms with Gasteiger partial charge in [0.1, 0.15) is 0 Å². The summed E-state index contributed by atoms with van der Waals surface area (Å²) in [5.41, 5.74) is 1.31. The Morgan fingerprint density at radius 3 is 2.67 bits per heavy atom. The van der Waals surface area contributed by atoms with Crippen molar-refractivity contribution in [3.05, 3.63) is 23.9 Å². The summed E-state index contributed by atoms with van der Waals surface area (Å²) in [5.74, 6) is 1.34. The van der Waals surface area contributed by atoms with Gasteiger partial charge in [-0.1, -0.05) is 6.07 Å². The highest BCUT2D eigenvalue weighted by Gasteiger charge is 2.31. The Morgan fingerprint density at radius 2 is 2.05 bits per heavy atom. The first kappa shape index (κ1) is 14.8. The fourth-order valence-electron chi connectivity index (χ4n) is 3.46. The standard InChI is InChI=1S/C16H25N3O2/c1-20-15-3-2-14(12-18-15)16(13-4-10-21-11-5-13)19-8-6-17-7-9-19/h2-3,12-13,16-17H,4-11H2,1H3/t16-/m0/s1. The zero-order valence-electron chi connectivity index (χ0n) is 12.8. The van der Waals surface area contributed by atoms with Crippen LogP contribution in [0, 0.1) is 5.92 Å². The lowest BCUT2D eigenvalue weighted by molar-refractivity contribution is 0.0212. The lowest BCUT2D eigenvalue weighted by Crippen LogP contribution is -2.47. The molecule has 0 spiro atoms. The highest BCUT2D eigenvalue weighted by Crippen LogP contribution is 2.35. The average Bonchev–Trinajstić information content (AvgIpc) is 2.58. The van der Waals surface area contributed by atoms with Crippen LogP contribution in [0.5, 0.6) is 5.88 Å². The molecule has 5 nitrogen and oxygen atoms in total. The quantitative estimate of drug-likeness (QED) is 0.910. The summed E-state index contributed by atoms with van der Waals surface area (Å²) in [6, 6.07) is 4.60. The van der Waals surface area contributed by atoms with Crippen molar-refractivity contribution >= 4 is 0 Å². The van der Waals surface area contributed by atoms with Crippen molar-refractivity contribution < 1.29 is 9.47 Å². The van der Waals surface area contributed by atoms with E-state index in [1.807, 2.05) is 12.3 Å². The lowest BCUT2D eigenvalue weighted by atomic mass is 9.86. The van der Waals surface area contributed by atoms with Crippen LogP contribution < -0.4 is 10.1 Å². The maximum absolute atomic E-state index is 5.54. The predicted octanol–water partition coefficient (Wildman–Crippen LogP) is 1.46. The number of aromatic nitrogens is 1. The van der Waals surface area contributed by atoms with E-state index in [1.165, 1.54) is 5.56 Å². The van der Waals surface area contributed by atoms with Gasteiger partial charge in [0.05, 0.1) is 7.11 Å². The van der Waals surface area contributed by atoms with Gasteiger partial charge in [-0.3, -0.25) is 4.90 Å². The molecule has 1 aromatic rings. The Kier molecular flexibility index (Phi) is 5.06. The van der Waals surface area contributed by atoms with Crippen molar-refractivity contribution in [3.63, 3.8) is 0 Å². The number of ether oxygens (including phenoxy) is 2. The van der Waals surface area contributed by atoms with Crippen LogP contribution in [0.25, 0.3) is 0 Å². The molecule has 2 saturated heterocycles. The van der Waals surface area contributed by atoms with E-state index in [1.54, 1.807) is 7.11 Å². The molecule has 0 amide bonds. The van der Waals surface area contributed by atoms with Gasteiger partial charge in [0.25, 0.3) is 0 Å². The van der Waals surface area contributed by atoms with Crippen LogP contribution >= 0.6 is 0 Å². The fraction of sp³-hybridized carbons (Fsp3) is 0.688. The van der Waals surface area contributed by atoms with E-state index >= 15 is 0 Å². The number of hydrogen-bond acceptors (Lipinski definition) is 5. The second-order valence-corrected chi connectivity index (χ2v) is 5.81. The summed E-state index contributed by atoms with van der Waals surface area (Å²) in [7, 11) is 1.66. The Morgan fingerprint density at radius 1 is 1.29 bits per heavy atom. The molecule has 1 N–H and O–H groups in total. The zero-order valence-corrected chi connectivity index (χ0v) is 12.8. The molecule has 3 rings (SSSR count). The summed E-state index contributed by atoms with van der Waals surface area (Å²) >= 11 is 0. The SMILES string of the molecule is COc1ccc([C@H](C2CCOCC2)N2CCNCC2)cn1. The van der Waals surface area contributed by atoms with Crippen molar-refractivity contribution in [2.45, 2.75) is 18.9 Å². The van der Waals surface area contributed by atoms with Crippen molar-refractivity contribution in [1.82, 2.24) is 15.2 Å². The molecule has 1 atom stereocenters. The molecule has 116 valence electrons. The summed E-state index contributed by atoms with van der Waals surface area (Å²) in [6.07, 6.45) is 4.27. The minimum Gasteiger partial charge on any atom is -0.481 e. The third kappa shape index (κ3) is 3.54. The number of nitrogens with zero attached hydrogens (tertiary/aromatic N) is 2. The molecule has 0 unspecified atom stereocenters. The molecule has 2 fully saturated rings. The minimum atomic E-state index is 0.453. The smallest absolute Gasteiger partial charge is 0.212 e. The molecule has 0 aliphatic carbocycles. The number of piperazine rings is 1. The number of rotatable bonds is 4. The molecule has 0 aromatic carbocycles.